The number of likely N-dealkylation sites (tertiary alicyclic amines) is 1. The van der Waals surface area contributed by atoms with E-state index in [1.807, 2.05) is 6.07 Å². The van der Waals surface area contributed by atoms with Crippen LogP contribution in [0.2, 0.25) is 5.02 Å². The van der Waals surface area contributed by atoms with Gasteiger partial charge in [0.1, 0.15) is 6.04 Å². The summed E-state index contributed by atoms with van der Waals surface area (Å²) in [4.78, 5) is 44.1. The molecule has 13 heteroatoms. The zero-order valence-electron chi connectivity index (χ0n) is 21.6. The van der Waals surface area contributed by atoms with Gasteiger partial charge in [0.15, 0.2) is 0 Å². The number of piperidine rings is 1. The van der Waals surface area contributed by atoms with Crippen LogP contribution in [0.25, 0.3) is 5.52 Å². The largest absolute Gasteiger partial charge is 0.471 e. The number of alkyl halides is 3. The van der Waals surface area contributed by atoms with Gasteiger partial charge in [-0.1, -0.05) is 25.4 Å². The summed E-state index contributed by atoms with van der Waals surface area (Å²) >= 11 is 6.23. The SMILES string of the molecule is CC(C)[C@@H](NC(=O)C(F)(F)F)C(=O)N[C@@H]1CN(C(=O)c2cccn3cncc23)CC[C@H]1c1cc(Cl)cc(C#N)c1. The van der Waals surface area contributed by atoms with E-state index in [-0.39, 0.29) is 12.5 Å². The number of amides is 3. The fourth-order valence-corrected chi connectivity index (χ4v) is 5.15. The quantitative estimate of drug-likeness (QED) is 0.465. The van der Waals surface area contributed by atoms with Gasteiger partial charge in [0.2, 0.25) is 5.91 Å². The van der Waals surface area contributed by atoms with Gasteiger partial charge in [0.25, 0.3) is 5.91 Å². The van der Waals surface area contributed by atoms with Crippen LogP contribution in [0.4, 0.5) is 13.2 Å². The number of hydrogen-bond acceptors (Lipinski definition) is 5. The third-order valence-electron chi connectivity index (χ3n) is 6.88. The second-order valence-corrected chi connectivity index (χ2v) is 10.4. The van der Waals surface area contributed by atoms with E-state index in [0.29, 0.717) is 40.2 Å². The Morgan fingerprint density at radius 1 is 1.23 bits per heavy atom. The van der Waals surface area contributed by atoms with Gasteiger partial charge in [-0.25, -0.2) is 4.98 Å². The van der Waals surface area contributed by atoms with Crippen molar-refractivity contribution in [3.63, 3.8) is 0 Å². The number of pyridine rings is 1. The number of fused-ring (bicyclic) bond motifs is 1. The minimum absolute atomic E-state index is 0.0247. The normalized spacial score (nSPS) is 18.3. The molecule has 0 radical (unpaired) electrons. The second-order valence-electron chi connectivity index (χ2n) is 9.95. The maximum absolute atomic E-state index is 13.6. The number of nitrogens with zero attached hydrogens (tertiary/aromatic N) is 4. The van der Waals surface area contributed by atoms with Crippen molar-refractivity contribution >= 4 is 34.8 Å². The molecule has 1 aromatic carbocycles. The van der Waals surface area contributed by atoms with Crippen LogP contribution >= 0.6 is 11.6 Å². The molecule has 0 saturated carbocycles. The monoisotopic (exact) mass is 574 g/mol. The van der Waals surface area contributed by atoms with E-state index in [2.05, 4.69) is 10.3 Å². The molecule has 1 aliphatic heterocycles. The first-order chi connectivity index (χ1) is 18.9. The minimum Gasteiger partial charge on any atom is -0.349 e. The Morgan fingerprint density at radius 3 is 2.65 bits per heavy atom. The van der Waals surface area contributed by atoms with Crippen molar-refractivity contribution in [2.24, 2.45) is 5.92 Å². The molecule has 1 fully saturated rings. The predicted octanol–water partition coefficient (Wildman–Crippen LogP) is 3.68. The molecule has 3 atom stereocenters. The van der Waals surface area contributed by atoms with E-state index in [0.717, 1.165) is 0 Å². The molecule has 9 nitrogen and oxygen atoms in total. The highest BCUT2D eigenvalue weighted by Gasteiger charge is 2.42. The molecule has 1 aliphatic rings. The van der Waals surface area contributed by atoms with Gasteiger partial charge < -0.3 is 19.9 Å². The summed E-state index contributed by atoms with van der Waals surface area (Å²) in [6.45, 7) is 3.35. The Kier molecular flexibility index (Phi) is 8.34. The summed E-state index contributed by atoms with van der Waals surface area (Å²) in [6.07, 6.45) is 0.0834. The molecule has 0 spiro atoms. The summed E-state index contributed by atoms with van der Waals surface area (Å²) < 4.78 is 40.5. The van der Waals surface area contributed by atoms with Crippen LogP contribution in [0.3, 0.4) is 0 Å². The third kappa shape index (κ3) is 6.20. The number of nitrogens with one attached hydrogen (secondary N) is 2. The van der Waals surface area contributed by atoms with Crippen LogP contribution in [0.1, 0.15) is 47.7 Å². The zero-order valence-corrected chi connectivity index (χ0v) is 22.3. The fraction of sp³-hybridized carbons (Fsp3) is 0.370. The predicted molar refractivity (Wildman–Crippen MR) is 139 cm³/mol. The average Bonchev–Trinajstić information content (AvgIpc) is 3.39. The topological polar surface area (TPSA) is 120 Å². The maximum atomic E-state index is 13.6. The lowest BCUT2D eigenvalue weighted by Crippen LogP contribution is -2.59. The molecule has 1 saturated heterocycles. The molecule has 3 aromatic rings. The maximum Gasteiger partial charge on any atom is 0.471 e. The summed E-state index contributed by atoms with van der Waals surface area (Å²) in [5.41, 5.74) is 1.93. The number of nitriles is 1. The first-order valence-electron chi connectivity index (χ1n) is 12.5. The van der Waals surface area contributed by atoms with Gasteiger partial charge in [-0.05, 0) is 48.2 Å². The molecule has 2 N–H and O–H groups in total. The molecule has 0 unspecified atom stereocenters. The van der Waals surface area contributed by atoms with E-state index in [1.54, 1.807) is 57.6 Å². The van der Waals surface area contributed by atoms with E-state index < -0.39 is 41.9 Å². The van der Waals surface area contributed by atoms with Crippen molar-refractivity contribution in [2.75, 3.05) is 13.1 Å². The Morgan fingerprint density at radius 2 is 1.98 bits per heavy atom. The van der Waals surface area contributed by atoms with Crippen LogP contribution in [0, 0.1) is 17.2 Å². The summed E-state index contributed by atoms with van der Waals surface area (Å²) in [5.74, 6) is -4.44. The number of carbonyl (C=O) groups excluding carboxylic acids is 3. The standard InChI is InChI=1S/C27H26ClF3N6O3/c1-15(2)23(35-26(40)27(29,30)31)24(38)34-21-13-36(25(39)20-4-3-6-37-14-33-12-22(20)37)7-5-19(21)17-8-16(11-32)9-18(28)10-17/h3-4,6,8-10,12,14-15,19,21,23H,5,7,13H2,1-2H3,(H,34,38)(H,35,40)/t19-,21+,23+/m0/s1. The Balaban J connectivity index is 1.65. The molecule has 40 heavy (non-hydrogen) atoms. The van der Waals surface area contributed by atoms with Gasteiger partial charge in [0, 0.05) is 30.2 Å². The molecule has 210 valence electrons. The van der Waals surface area contributed by atoms with Gasteiger partial charge >= 0.3 is 12.1 Å². The van der Waals surface area contributed by atoms with Crippen LogP contribution in [-0.4, -0.2) is 63.4 Å². The fourth-order valence-electron chi connectivity index (χ4n) is 4.90. The van der Waals surface area contributed by atoms with E-state index in [1.165, 1.54) is 19.9 Å². The van der Waals surface area contributed by atoms with Crippen molar-refractivity contribution in [3.8, 4) is 6.07 Å². The highest BCUT2D eigenvalue weighted by Crippen LogP contribution is 2.32. The molecule has 3 amide bonds. The Hall–Kier alpha value is -4.11. The molecule has 0 aliphatic carbocycles. The molecule has 4 rings (SSSR count). The lowest BCUT2D eigenvalue weighted by Gasteiger charge is -2.40. The average molecular weight is 575 g/mol. The Bertz CT molecular complexity index is 1480. The summed E-state index contributed by atoms with van der Waals surface area (Å²) in [5, 5.41) is 14.3. The van der Waals surface area contributed by atoms with Gasteiger partial charge in [-0.2, -0.15) is 18.4 Å². The van der Waals surface area contributed by atoms with Crippen LogP contribution in [0.15, 0.2) is 49.1 Å². The van der Waals surface area contributed by atoms with Crippen molar-refractivity contribution in [1.82, 2.24) is 24.9 Å². The minimum atomic E-state index is -5.16. The molecular weight excluding hydrogens is 549 g/mol. The molecule has 2 aromatic heterocycles. The van der Waals surface area contributed by atoms with Gasteiger partial charge in [0.05, 0.1) is 41.3 Å². The van der Waals surface area contributed by atoms with E-state index >= 15 is 0 Å². The molecular formula is C27H26ClF3N6O3. The number of benzene rings is 1. The summed E-state index contributed by atoms with van der Waals surface area (Å²) in [7, 11) is 0. The van der Waals surface area contributed by atoms with Gasteiger partial charge in [-0.15, -0.1) is 0 Å². The smallest absolute Gasteiger partial charge is 0.349 e. The molecule has 3 heterocycles. The van der Waals surface area contributed by atoms with Crippen LogP contribution in [0.5, 0.6) is 0 Å². The second kappa shape index (κ2) is 11.6. The number of halogens is 4. The lowest BCUT2D eigenvalue weighted by atomic mass is 9.84. The molecule has 0 bridgehead atoms. The van der Waals surface area contributed by atoms with Gasteiger partial charge in [-0.3, -0.25) is 14.4 Å². The van der Waals surface area contributed by atoms with Crippen molar-refractivity contribution in [2.45, 2.75) is 44.4 Å². The Labute approximate surface area is 232 Å². The first kappa shape index (κ1) is 28.9. The number of aromatic nitrogens is 2. The third-order valence-corrected chi connectivity index (χ3v) is 7.10. The van der Waals surface area contributed by atoms with E-state index in [4.69, 9.17) is 11.6 Å². The number of imidazole rings is 1. The number of rotatable bonds is 6. The summed E-state index contributed by atoms with van der Waals surface area (Å²) in [6, 6.07) is 7.95. The van der Waals surface area contributed by atoms with Crippen molar-refractivity contribution in [1.29, 1.82) is 5.26 Å². The first-order valence-corrected chi connectivity index (χ1v) is 12.9. The highest BCUT2D eigenvalue weighted by atomic mass is 35.5. The van der Waals surface area contributed by atoms with Crippen LogP contribution in [-0.2, 0) is 9.59 Å². The number of hydrogen-bond donors (Lipinski definition) is 2. The number of carbonyl (C=O) groups is 3. The zero-order chi connectivity index (χ0) is 29.2. The lowest BCUT2D eigenvalue weighted by molar-refractivity contribution is -0.175. The van der Waals surface area contributed by atoms with E-state index in [9.17, 15) is 32.8 Å². The highest BCUT2D eigenvalue weighted by molar-refractivity contribution is 6.30. The van der Waals surface area contributed by atoms with Crippen molar-refractivity contribution < 1.29 is 27.6 Å². The van der Waals surface area contributed by atoms with Crippen molar-refractivity contribution in [3.05, 3.63) is 70.8 Å². The van der Waals surface area contributed by atoms with Crippen LogP contribution < -0.4 is 10.6 Å².